The first-order valence-electron chi connectivity index (χ1n) is 5.52. The molecule has 3 atom stereocenters. The third-order valence-corrected chi connectivity index (χ3v) is 6.47. The quantitative estimate of drug-likeness (QED) is 0.549. The summed E-state index contributed by atoms with van der Waals surface area (Å²) in [6.45, 7) is 5.99. The SMILES string of the molecule is COC(=O)[C@]12CC[C@@](C)(C(=O)[C@@H]1Br)C2(C)C. The van der Waals surface area contributed by atoms with Crippen molar-refractivity contribution in [2.24, 2.45) is 16.2 Å². The number of ether oxygens (including phenoxy) is 1. The highest BCUT2D eigenvalue weighted by Crippen LogP contribution is 2.72. The van der Waals surface area contributed by atoms with Gasteiger partial charge in [-0.05, 0) is 18.3 Å². The summed E-state index contributed by atoms with van der Waals surface area (Å²) < 4.78 is 4.93. The third kappa shape index (κ3) is 0.918. The highest BCUT2D eigenvalue weighted by atomic mass is 79.9. The number of fused-ring (bicyclic) bond motifs is 2. The molecule has 16 heavy (non-hydrogen) atoms. The van der Waals surface area contributed by atoms with E-state index in [1.807, 2.05) is 20.8 Å². The molecule has 2 saturated carbocycles. The van der Waals surface area contributed by atoms with E-state index in [1.54, 1.807) is 0 Å². The highest BCUT2D eigenvalue weighted by molar-refractivity contribution is 9.10. The fraction of sp³-hybridized carbons (Fsp3) is 0.833. The molecule has 0 radical (unpaired) electrons. The van der Waals surface area contributed by atoms with Crippen molar-refractivity contribution in [2.75, 3.05) is 7.11 Å². The van der Waals surface area contributed by atoms with Gasteiger partial charge in [-0.3, -0.25) is 9.59 Å². The lowest BCUT2D eigenvalue weighted by molar-refractivity contribution is -0.157. The highest BCUT2D eigenvalue weighted by Gasteiger charge is 2.77. The minimum Gasteiger partial charge on any atom is -0.469 e. The second-order valence-corrected chi connectivity index (χ2v) is 6.56. The topological polar surface area (TPSA) is 43.4 Å². The number of ketones is 1. The van der Waals surface area contributed by atoms with Gasteiger partial charge in [0, 0.05) is 5.41 Å². The van der Waals surface area contributed by atoms with Crippen LogP contribution >= 0.6 is 15.9 Å². The molecule has 2 fully saturated rings. The van der Waals surface area contributed by atoms with Crippen molar-refractivity contribution in [2.45, 2.75) is 38.4 Å². The van der Waals surface area contributed by atoms with E-state index in [2.05, 4.69) is 15.9 Å². The third-order valence-electron chi connectivity index (χ3n) is 5.27. The Morgan fingerprint density at radius 2 is 1.94 bits per heavy atom. The second kappa shape index (κ2) is 3.09. The minimum absolute atomic E-state index is 0.147. The van der Waals surface area contributed by atoms with Crippen LogP contribution in [0.15, 0.2) is 0 Å². The summed E-state index contributed by atoms with van der Waals surface area (Å²) in [7, 11) is 1.39. The Hall–Kier alpha value is -0.380. The molecule has 0 amide bonds. The molecule has 0 aromatic heterocycles. The Labute approximate surface area is 104 Å². The van der Waals surface area contributed by atoms with Gasteiger partial charge in [-0.1, -0.05) is 36.7 Å². The summed E-state index contributed by atoms with van der Waals surface area (Å²) in [6.07, 6.45) is 1.50. The Kier molecular flexibility index (Phi) is 2.34. The molecule has 0 spiro atoms. The van der Waals surface area contributed by atoms with Gasteiger partial charge in [-0.15, -0.1) is 0 Å². The first kappa shape index (κ1) is 12.1. The fourth-order valence-corrected chi connectivity index (χ4v) is 5.08. The molecule has 2 bridgehead atoms. The Morgan fingerprint density at radius 1 is 1.38 bits per heavy atom. The predicted octanol–water partition coefficient (Wildman–Crippen LogP) is 2.32. The summed E-state index contributed by atoms with van der Waals surface area (Å²) in [5.74, 6) is -0.108. The first-order chi connectivity index (χ1) is 7.25. The lowest BCUT2D eigenvalue weighted by Gasteiger charge is -2.38. The number of rotatable bonds is 1. The number of halogens is 1. The molecule has 0 saturated heterocycles. The zero-order valence-corrected chi connectivity index (χ0v) is 11.7. The Balaban J connectivity index is 2.63. The van der Waals surface area contributed by atoms with Crippen molar-refractivity contribution in [3.8, 4) is 0 Å². The van der Waals surface area contributed by atoms with Crippen LogP contribution < -0.4 is 0 Å². The van der Waals surface area contributed by atoms with Crippen LogP contribution in [0.25, 0.3) is 0 Å². The molecule has 2 aliphatic rings. The summed E-state index contributed by atoms with van der Waals surface area (Å²) in [4.78, 5) is 24.0. The van der Waals surface area contributed by atoms with Crippen molar-refractivity contribution < 1.29 is 14.3 Å². The van der Waals surface area contributed by atoms with Gasteiger partial charge in [0.1, 0.15) is 0 Å². The molecule has 0 aliphatic heterocycles. The van der Waals surface area contributed by atoms with E-state index in [4.69, 9.17) is 4.74 Å². The van der Waals surface area contributed by atoms with Gasteiger partial charge >= 0.3 is 5.97 Å². The van der Waals surface area contributed by atoms with Gasteiger partial charge in [0.05, 0.1) is 17.4 Å². The average Bonchev–Trinajstić information content (AvgIpc) is 2.51. The molecule has 90 valence electrons. The zero-order valence-electron chi connectivity index (χ0n) is 10.1. The van der Waals surface area contributed by atoms with Gasteiger partial charge < -0.3 is 4.74 Å². The molecule has 0 unspecified atom stereocenters. The van der Waals surface area contributed by atoms with E-state index < -0.39 is 15.7 Å². The Morgan fingerprint density at radius 3 is 2.31 bits per heavy atom. The number of methoxy groups -OCH3 is 1. The van der Waals surface area contributed by atoms with Gasteiger partial charge in [0.25, 0.3) is 0 Å². The standard InChI is InChI=1S/C12H17BrO3/c1-10(2)11(3)5-6-12(10,9(15)16-4)7(13)8(11)14/h7H,5-6H2,1-4H3/t7-,11-,12-/m0/s1. The maximum atomic E-state index is 12.3. The molecule has 3 nitrogen and oxygen atoms in total. The van der Waals surface area contributed by atoms with Crippen LogP contribution in [0.4, 0.5) is 0 Å². The largest absolute Gasteiger partial charge is 0.469 e. The summed E-state index contributed by atoms with van der Waals surface area (Å²) in [6, 6.07) is 0. The van der Waals surface area contributed by atoms with E-state index in [0.717, 1.165) is 12.8 Å². The fourth-order valence-electron chi connectivity index (χ4n) is 3.59. The van der Waals surface area contributed by atoms with Crippen molar-refractivity contribution in [1.29, 1.82) is 0 Å². The maximum absolute atomic E-state index is 12.3. The van der Waals surface area contributed by atoms with E-state index in [9.17, 15) is 9.59 Å². The number of Topliss-reactive ketones (excluding diaryl/α,β-unsaturated/α-hetero) is 1. The number of carbonyl (C=O) groups is 2. The van der Waals surface area contributed by atoms with Crippen molar-refractivity contribution in [3.05, 3.63) is 0 Å². The monoisotopic (exact) mass is 288 g/mol. The van der Waals surface area contributed by atoms with Crippen LogP contribution in [0.2, 0.25) is 0 Å². The lowest BCUT2D eigenvalue weighted by Crippen LogP contribution is -2.45. The molecule has 0 aromatic rings. The van der Waals surface area contributed by atoms with Crippen LogP contribution in [0.1, 0.15) is 33.6 Å². The van der Waals surface area contributed by atoms with Gasteiger partial charge in [0.2, 0.25) is 0 Å². The zero-order chi connectivity index (χ0) is 12.4. The molecule has 2 aliphatic carbocycles. The van der Waals surface area contributed by atoms with E-state index >= 15 is 0 Å². The van der Waals surface area contributed by atoms with Crippen LogP contribution in [-0.4, -0.2) is 23.7 Å². The number of carbonyl (C=O) groups excluding carboxylic acids is 2. The van der Waals surface area contributed by atoms with Crippen LogP contribution in [0.3, 0.4) is 0 Å². The average molecular weight is 289 g/mol. The molecular formula is C12H17BrO3. The molecule has 4 heteroatoms. The number of hydrogen-bond acceptors (Lipinski definition) is 3. The molecule has 2 rings (SSSR count). The number of esters is 1. The smallest absolute Gasteiger partial charge is 0.313 e. The molecular weight excluding hydrogens is 272 g/mol. The molecule has 0 aromatic carbocycles. The van der Waals surface area contributed by atoms with E-state index in [0.29, 0.717) is 0 Å². The summed E-state index contributed by atoms with van der Waals surface area (Å²) in [5.41, 5.74) is -1.44. The maximum Gasteiger partial charge on any atom is 0.313 e. The summed E-state index contributed by atoms with van der Waals surface area (Å²) >= 11 is 3.42. The van der Waals surface area contributed by atoms with Gasteiger partial charge in [-0.2, -0.15) is 0 Å². The van der Waals surface area contributed by atoms with E-state index in [1.165, 1.54) is 7.11 Å². The van der Waals surface area contributed by atoms with Crippen LogP contribution in [0, 0.1) is 16.2 Å². The Bertz CT molecular complexity index is 376. The lowest BCUT2D eigenvalue weighted by atomic mass is 9.65. The molecule has 0 heterocycles. The van der Waals surface area contributed by atoms with Crippen LogP contribution in [0.5, 0.6) is 0 Å². The van der Waals surface area contributed by atoms with Gasteiger partial charge in [0.15, 0.2) is 5.78 Å². The molecule has 0 N–H and O–H groups in total. The van der Waals surface area contributed by atoms with Crippen LogP contribution in [-0.2, 0) is 14.3 Å². The number of alkyl halides is 1. The van der Waals surface area contributed by atoms with Gasteiger partial charge in [-0.25, -0.2) is 0 Å². The summed E-state index contributed by atoms with van der Waals surface area (Å²) in [5, 5.41) is 0. The predicted molar refractivity (Wildman–Crippen MR) is 63.3 cm³/mol. The first-order valence-corrected chi connectivity index (χ1v) is 6.44. The minimum atomic E-state index is -0.687. The number of hydrogen-bond donors (Lipinski definition) is 0. The van der Waals surface area contributed by atoms with E-state index in [-0.39, 0.29) is 17.2 Å². The van der Waals surface area contributed by atoms with Crippen molar-refractivity contribution >= 4 is 27.7 Å². The van der Waals surface area contributed by atoms with Crippen molar-refractivity contribution in [1.82, 2.24) is 0 Å². The van der Waals surface area contributed by atoms with Crippen molar-refractivity contribution in [3.63, 3.8) is 0 Å². The normalized spacial score (nSPS) is 44.8. The second-order valence-electron chi connectivity index (χ2n) is 5.65.